The second kappa shape index (κ2) is 5.02. The van der Waals surface area contributed by atoms with Crippen molar-refractivity contribution in [2.45, 2.75) is 13.0 Å². The normalized spacial score (nSPS) is 12.8. The molecule has 1 aromatic carbocycles. The first-order valence-corrected chi connectivity index (χ1v) is 6.47. The van der Waals surface area contributed by atoms with E-state index in [1.165, 1.54) is 0 Å². The minimum absolute atomic E-state index is 0.424. The molecule has 5 heteroatoms. The third-order valence-corrected chi connectivity index (χ3v) is 4.11. The highest BCUT2D eigenvalue weighted by Gasteiger charge is 2.14. The number of aliphatic hydroxyl groups is 1. The molecule has 2 aromatic rings. The van der Waals surface area contributed by atoms with Crippen LogP contribution in [0.4, 0.5) is 0 Å². The highest BCUT2D eigenvalue weighted by atomic mass is 79.9. The average molecular weight is 336 g/mol. The zero-order chi connectivity index (χ0) is 12.6. The molecule has 1 N–H and O–H groups in total. The minimum Gasteiger partial charge on any atom is -0.458 e. The summed E-state index contributed by atoms with van der Waals surface area (Å²) in [5.74, 6) is 1.08. The first-order valence-electron chi connectivity index (χ1n) is 4.92. The molecule has 1 unspecified atom stereocenters. The summed E-state index contributed by atoms with van der Waals surface area (Å²) in [6.45, 7) is 1.64. The van der Waals surface area contributed by atoms with Crippen molar-refractivity contribution in [1.29, 1.82) is 0 Å². The lowest BCUT2D eigenvalue weighted by Gasteiger charge is -2.05. The molecule has 1 aromatic heterocycles. The van der Waals surface area contributed by atoms with Crippen LogP contribution >= 0.6 is 39.1 Å². The molecular formula is C12H9BrCl2O2. The monoisotopic (exact) mass is 334 g/mol. The minimum atomic E-state index is -0.645. The van der Waals surface area contributed by atoms with E-state index in [1.54, 1.807) is 25.1 Å². The molecule has 90 valence electrons. The Labute approximate surface area is 117 Å². The van der Waals surface area contributed by atoms with Crippen molar-refractivity contribution in [2.75, 3.05) is 0 Å². The van der Waals surface area contributed by atoms with Gasteiger partial charge in [-0.1, -0.05) is 23.2 Å². The largest absolute Gasteiger partial charge is 0.458 e. The fraction of sp³-hybridized carbons (Fsp3) is 0.167. The van der Waals surface area contributed by atoms with E-state index in [2.05, 4.69) is 15.9 Å². The fourth-order valence-electron chi connectivity index (χ4n) is 1.44. The number of benzene rings is 1. The van der Waals surface area contributed by atoms with Crippen LogP contribution in [0.15, 0.2) is 33.2 Å². The van der Waals surface area contributed by atoms with E-state index >= 15 is 0 Å². The van der Waals surface area contributed by atoms with Gasteiger partial charge in [-0.05, 0) is 47.1 Å². The molecule has 1 heterocycles. The number of hydrogen-bond acceptors (Lipinski definition) is 2. The Morgan fingerprint density at radius 3 is 2.47 bits per heavy atom. The van der Waals surface area contributed by atoms with Gasteiger partial charge in [-0.2, -0.15) is 0 Å². The fourth-order valence-corrected chi connectivity index (χ4v) is 2.31. The zero-order valence-electron chi connectivity index (χ0n) is 8.88. The van der Waals surface area contributed by atoms with Crippen molar-refractivity contribution < 1.29 is 9.52 Å². The lowest BCUT2D eigenvalue weighted by molar-refractivity contribution is 0.170. The number of furan rings is 1. The van der Waals surface area contributed by atoms with Gasteiger partial charge in [0.2, 0.25) is 0 Å². The van der Waals surface area contributed by atoms with Crippen molar-refractivity contribution in [1.82, 2.24) is 0 Å². The molecule has 1 atom stereocenters. The van der Waals surface area contributed by atoms with Crippen LogP contribution in [-0.4, -0.2) is 5.11 Å². The van der Waals surface area contributed by atoms with E-state index in [0.29, 0.717) is 27.1 Å². The van der Waals surface area contributed by atoms with E-state index in [1.807, 2.05) is 6.07 Å². The van der Waals surface area contributed by atoms with E-state index < -0.39 is 6.10 Å². The molecule has 0 amide bonds. The van der Waals surface area contributed by atoms with Gasteiger partial charge in [0.05, 0.1) is 10.0 Å². The number of rotatable bonds is 2. The lowest BCUT2D eigenvalue weighted by Crippen LogP contribution is -1.85. The standard InChI is InChI=1S/C12H9BrCl2O2/c1-6(16)9-4-5-10(17-9)7-2-3-8(13)12(15)11(7)14/h2-6,16H,1H3. The summed E-state index contributed by atoms with van der Waals surface area (Å²) >= 11 is 15.5. The predicted molar refractivity (Wildman–Crippen MR) is 72.5 cm³/mol. The van der Waals surface area contributed by atoms with Gasteiger partial charge in [0.1, 0.15) is 17.6 Å². The molecule has 0 radical (unpaired) electrons. The molecule has 0 bridgehead atoms. The van der Waals surface area contributed by atoms with Crippen molar-refractivity contribution in [3.05, 3.63) is 44.5 Å². The summed E-state index contributed by atoms with van der Waals surface area (Å²) in [4.78, 5) is 0. The van der Waals surface area contributed by atoms with E-state index in [4.69, 9.17) is 27.6 Å². The van der Waals surface area contributed by atoms with Crippen molar-refractivity contribution in [3.63, 3.8) is 0 Å². The van der Waals surface area contributed by atoms with Gasteiger partial charge < -0.3 is 9.52 Å². The van der Waals surface area contributed by atoms with Crippen LogP contribution < -0.4 is 0 Å². The molecule has 0 fully saturated rings. The van der Waals surface area contributed by atoms with Crippen molar-refractivity contribution >= 4 is 39.1 Å². The van der Waals surface area contributed by atoms with Crippen molar-refractivity contribution in [3.8, 4) is 11.3 Å². The highest BCUT2D eigenvalue weighted by molar-refractivity contribution is 9.10. The van der Waals surface area contributed by atoms with Gasteiger partial charge in [-0.25, -0.2) is 0 Å². The maximum absolute atomic E-state index is 9.39. The summed E-state index contributed by atoms with van der Waals surface area (Å²) < 4.78 is 6.23. The third-order valence-electron chi connectivity index (χ3n) is 2.34. The van der Waals surface area contributed by atoms with E-state index in [-0.39, 0.29) is 0 Å². The molecule has 0 aliphatic carbocycles. The Kier molecular flexibility index (Phi) is 3.83. The molecule has 0 spiro atoms. The first kappa shape index (κ1) is 13.0. The van der Waals surface area contributed by atoms with Crippen LogP contribution in [0.3, 0.4) is 0 Å². The molecule has 2 rings (SSSR count). The van der Waals surface area contributed by atoms with E-state index in [0.717, 1.165) is 4.47 Å². The Hall–Kier alpha value is -0.480. The summed E-state index contributed by atoms with van der Waals surface area (Å²) in [7, 11) is 0. The van der Waals surface area contributed by atoms with Crippen LogP contribution in [-0.2, 0) is 0 Å². The van der Waals surface area contributed by atoms with Gasteiger partial charge >= 0.3 is 0 Å². The number of aliphatic hydroxyl groups excluding tert-OH is 1. The summed E-state index contributed by atoms with van der Waals surface area (Å²) in [6, 6.07) is 7.08. The quantitative estimate of drug-likeness (QED) is 0.777. The van der Waals surface area contributed by atoms with Gasteiger partial charge in [0.15, 0.2) is 0 Å². The second-order valence-corrected chi connectivity index (χ2v) is 5.21. The maximum Gasteiger partial charge on any atom is 0.135 e. The molecular weight excluding hydrogens is 327 g/mol. The SMILES string of the molecule is CC(O)c1ccc(-c2ccc(Br)c(Cl)c2Cl)o1. The van der Waals surface area contributed by atoms with Crippen LogP contribution in [0, 0.1) is 0 Å². The van der Waals surface area contributed by atoms with Gasteiger partial charge in [0, 0.05) is 10.0 Å². The molecule has 0 saturated heterocycles. The molecule has 0 saturated carbocycles. The van der Waals surface area contributed by atoms with Crippen LogP contribution in [0.1, 0.15) is 18.8 Å². The third kappa shape index (κ3) is 2.52. The molecule has 0 aliphatic rings. The summed E-state index contributed by atoms with van der Waals surface area (Å²) in [5, 5.41) is 10.3. The Morgan fingerprint density at radius 2 is 1.88 bits per heavy atom. The second-order valence-electron chi connectivity index (χ2n) is 3.60. The molecule has 0 aliphatic heterocycles. The average Bonchev–Trinajstić information content (AvgIpc) is 2.75. The number of hydrogen-bond donors (Lipinski definition) is 1. The Balaban J connectivity index is 2.49. The molecule has 17 heavy (non-hydrogen) atoms. The van der Waals surface area contributed by atoms with Crippen LogP contribution in [0.25, 0.3) is 11.3 Å². The van der Waals surface area contributed by atoms with Gasteiger partial charge in [-0.15, -0.1) is 0 Å². The maximum atomic E-state index is 9.39. The number of halogens is 3. The van der Waals surface area contributed by atoms with Crippen LogP contribution in [0.2, 0.25) is 10.0 Å². The van der Waals surface area contributed by atoms with Gasteiger partial charge in [-0.3, -0.25) is 0 Å². The topological polar surface area (TPSA) is 33.4 Å². The van der Waals surface area contributed by atoms with E-state index in [9.17, 15) is 5.11 Å². The van der Waals surface area contributed by atoms with Gasteiger partial charge in [0.25, 0.3) is 0 Å². The molecule has 2 nitrogen and oxygen atoms in total. The smallest absolute Gasteiger partial charge is 0.135 e. The lowest BCUT2D eigenvalue weighted by atomic mass is 10.2. The Bertz CT molecular complexity index is 549. The van der Waals surface area contributed by atoms with Crippen LogP contribution in [0.5, 0.6) is 0 Å². The predicted octanol–water partition coefficient (Wildman–Crippen LogP) is 5.07. The first-order chi connectivity index (χ1) is 8.00. The Morgan fingerprint density at radius 1 is 1.18 bits per heavy atom. The van der Waals surface area contributed by atoms with Crippen molar-refractivity contribution in [2.24, 2.45) is 0 Å². The highest BCUT2D eigenvalue weighted by Crippen LogP contribution is 2.39. The zero-order valence-corrected chi connectivity index (χ0v) is 12.0. The summed E-state index contributed by atoms with van der Waals surface area (Å²) in [5.41, 5.74) is 0.701. The summed E-state index contributed by atoms with van der Waals surface area (Å²) in [6.07, 6.45) is -0.645.